The number of nitrogens with zero attached hydrogens (tertiary/aromatic N) is 1. The summed E-state index contributed by atoms with van der Waals surface area (Å²) in [6, 6.07) is -0.362. The van der Waals surface area contributed by atoms with Gasteiger partial charge in [0, 0.05) is 23.6 Å². The van der Waals surface area contributed by atoms with E-state index in [9.17, 15) is 4.79 Å². The van der Waals surface area contributed by atoms with Crippen molar-refractivity contribution in [2.45, 2.75) is 31.6 Å². The molecule has 0 spiro atoms. The van der Waals surface area contributed by atoms with E-state index in [2.05, 4.69) is 13.8 Å². The molecule has 0 aromatic carbocycles. The van der Waals surface area contributed by atoms with Crippen LogP contribution in [0.5, 0.6) is 0 Å². The monoisotopic (exact) mass is 202 g/mol. The van der Waals surface area contributed by atoms with Crippen molar-refractivity contribution in [3.05, 3.63) is 0 Å². The molecule has 0 unspecified atom stereocenters. The predicted molar refractivity (Wildman–Crippen MR) is 56.8 cm³/mol. The molecule has 1 amide bonds. The van der Waals surface area contributed by atoms with Crippen LogP contribution in [0.4, 0.5) is 0 Å². The summed E-state index contributed by atoms with van der Waals surface area (Å²) in [6.07, 6.45) is 0. The van der Waals surface area contributed by atoms with Gasteiger partial charge in [0.2, 0.25) is 5.91 Å². The zero-order valence-electron chi connectivity index (χ0n) is 8.54. The Morgan fingerprint density at radius 2 is 2.23 bits per heavy atom. The largest absolute Gasteiger partial charge is 0.339 e. The van der Waals surface area contributed by atoms with E-state index in [4.69, 9.17) is 5.73 Å². The molecular formula is C9H18N2OS. The molecule has 1 rings (SSSR count). The van der Waals surface area contributed by atoms with Crippen molar-refractivity contribution in [2.24, 2.45) is 5.73 Å². The van der Waals surface area contributed by atoms with Gasteiger partial charge < -0.3 is 10.6 Å². The van der Waals surface area contributed by atoms with Crippen LogP contribution in [0.2, 0.25) is 0 Å². The van der Waals surface area contributed by atoms with Gasteiger partial charge in [0.15, 0.2) is 0 Å². The number of amides is 1. The predicted octanol–water partition coefficient (Wildman–Crippen LogP) is 0.688. The fourth-order valence-electron chi connectivity index (χ4n) is 1.49. The molecule has 1 atom stereocenters. The zero-order valence-corrected chi connectivity index (χ0v) is 9.36. The molecule has 0 aliphatic carbocycles. The highest BCUT2D eigenvalue weighted by Gasteiger charge is 2.30. The number of rotatable bonds is 1. The van der Waals surface area contributed by atoms with E-state index in [-0.39, 0.29) is 16.7 Å². The summed E-state index contributed by atoms with van der Waals surface area (Å²) in [5, 5.41) is 0. The van der Waals surface area contributed by atoms with Gasteiger partial charge in [0.1, 0.15) is 0 Å². The average molecular weight is 202 g/mol. The Morgan fingerprint density at radius 1 is 1.62 bits per heavy atom. The van der Waals surface area contributed by atoms with E-state index in [0.29, 0.717) is 0 Å². The molecule has 1 fully saturated rings. The van der Waals surface area contributed by atoms with Crippen LogP contribution in [0.1, 0.15) is 20.8 Å². The average Bonchev–Trinajstić information content (AvgIpc) is 2.01. The van der Waals surface area contributed by atoms with E-state index >= 15 is 0 Å². The third kappa shape index (κ3) is 2.88. The smallest absolute Gasteiger partial charge is 0.239 e. The van der Waals surface area contributed by atoms with Gasteiger partial charge in [0.05, 0.1) is 6.04 Å². The summed E-state index contributed by atoms with van der Waals surface area (Å²) in [4.78, 5) is 13.5. The lowest BCUT2D eigenvalue weighted by atomic mass is 10.1. The Balaban J connectivity index is 2.57. The highest BCUT2D eigenvalue weighted by Crippen LogP contribution is 2.29. The van der Waals surface area contributed by atoms with Crippen LogP contribution >= 0.6 is 11.8 Å². The van der Waals surface area contributed by atoms with Crippen molar-refractivity contribution in [1.82, 2.24) is 4.90 Å². The lowest BCUT2D eigenvalue weighted by Crippen LogP contribution is -2.50. The maximum Gasteiger partial charge on any atom is 0.239 e. The Kier molecular flexibility index (Phi) is 3.24. The Hall–Kier alpha value is -0.220. The van der Waals surface area contributed by atoms with E-state index in [1.165, 1.54) is 0 Å². The van der Waals surface area contributed by atoms with Crippen LogP contribution in [-0.2, 0) is 4.79 Å². The first kappa shape index (κ1) is 10.9. The number of hydrogen-bond acceptors (Lipinski definition) is 3. The summed E-state index contributed by atoms with van der Waals surface area (Å²) in [7, 11) is 0. The molecule has 0 bridgehead atoms. The quantitative estimate of drug-likeness (QED) is 0.680. The fourth-order valence-corrected chi connectivity index (χ4v) is 2.60. The molecule has 1 heterocycles. The highest BCUT2D eigenvalue weighted by atomic mass is 32.2. The second-order valence-electron chi connectivity index (χ2n) is 4.16. The van der Waals surface area contributed by atoms with Crippen LogP contribution in [0.25, 0.3) is 0 Å². The zero-order chi connectivity index (χ0) is 10.1. The Labute approximate surface area is 84.0 Å². The third-order valence-electron chi connectivity index (χ3n) is 2.13. The molecule has 0 aromatic heterocycles. The first-order chi connectivity index (χ1) is 5.92. The fraction of sp³-hybridized carbons (Fsp3) is 0.889. The van der Waals surface area contributed by atoms with Crippen molar-refractivity contribution in [1.29, 1.82) is 0 Å². The second kappa shape index (κ2) is 3.88. The standard InChI is InChI=1S/C9H18N2OS/c1-7(10)8(12)11-4-5-13-9(2,3)6-11/h7H,4-6,10H2,1-3H3/t7-/m0/s1. The van der Waals surface area contributed by atoms with Crippen molar-refractivity contribution in [3.63, 3.8) is 0 Å². The number of thioether (sulfide) groups is 1. The van der Waals surface area contributed by atoms with Gasteiger partial charge in [-0.2, -0.15) is 11.8 Å². The SMILES string of the molecule is C[C@H](N)C(=O)N1CCSC(C)(C)C1. The van der Waals surface area contributed by atoms with Crippen molar-refractivity contribution in [3.8, 4) is 0 Å². The van der Waals surface area contributed by atoms with Crippen LogP contribution in [0, 0.1) is 0 Å². The molecular weight excluding hydrogens is 184 g/mol. The second-order valence-corrected chi connectivity index (χ2v) is 5.96. The summed E-state index contributed by atoms with van der Waals surface area (Å²) in [5.41, 5.74) is 5.56. The molecule has 13 heavy (non-hydrogen) atoms. The lowest BCUT2D eigenvalue weighted by Gasteiger charge is -2.38. The van der Waals surface area contributed by atoms with Gasteiger partial charge >= 0.3 is 0 Å². The lowest BCUT2D eigenvalue weighted by molar-refractivity contribution is -0.132. The van der Waals surface area contributed by atoms with Gasteiger partial charge in [-0.1, -0.05) is 0 Å². The normalized spacial score (nSPS) is 24.2. The molecule has 1 aliphatic heterocycles. The van der Waals surface area contributed by atoms with Crippen molar-refractivity contribution >= 4 is 17.7 Å². The van der Waals surface area contributed by atoms with E-state index in [1.807, 2.05) is 16.7 Å². The van der Waals surface area contributed by atoms with Crippen LogP contribution in [0.15, 0.2) is 0 Å². The summed E-state index contributed by atoms with van der Waals surface area (Å²) >= 11 is 1.92. The molecule has 4 heteroatoms. The maximum absolute atomic E-state index is 11.6. The minimum atomic E-state index is -0.362. The van der Waals surface area contributed by atoms with Crippen molar-refractivity contribution < 1.29 is 4.79 Å². The molecule has 76 valence electrons. The van der Waals surface area contributed by atoms with Gasteiger partial charge in [-0.3, -0.25) is 4.79 Å². The molecule has 3 nitrogen and oxygen atoms in total. The summed E-state index contributed by atoms with van der Waals surface area (Å²) < 4.78 is 0.183. The topological polar surface area (TPSA) is 46.3 Å². The molecule has 1 aliphatic rings. The third-order valence-corrected chi connectivity index (χ3v) is 3.42. The number of hydrogen-bond donors (Lipinski definition) is 1. The van der Waals surface area contributed by atoms with E-state index in [1.54, 1.807) is 6.92 Å². The minimum Gasteiger partial charge on any atom is -0.339 e. The molecule has 0 saturated carbocycles. The van der Waals surface area contributed by atoms with E-state index in [0.717, 1.165) is 18.8 Å². The molecule has 1 saturated heterocycles. The van der Waals surface area contributed by atoms with Crippen LogP contribution in [0.3, 0.4) is 0 Å². The maximum atomic E-state index is 11.6. The summed E-state index contributed by atoms with van der Waals surface area (Å²) in [5.74, 6) is 1.10. The van der Waals surface area contributed by atoms with Crippen LogP contribution in [-0.4, -0.2) is 40.4 Å². The minimum absolute atomic E-state index is 0.0772. The van der Waals surface area contributed by atoms with Gasteiger partial charge in [-0.15, -0.1) is 0 Å². The Bertz CT molecular complexity index is 204. The molecule has 0 radical (unpaired) electrons. The number of carbonyl (C=O) groups excluding carboxylic acids is 1. The molecule has 0 aromatic rings. The van der Waals surface area contributed by atoms with Gasteiger partial charge in [-0.25, -0.2) is 0 Å². The first-order valence-corrected chi connectivity index (χ1v) is 5.59. The number of nitrogens with two attached hydrogens (primary N) is 1. The summed E-state index contributed by atoms with van der Waals surface area (Å²) in [6.45, 7) is 7.74. The number of carbonyl (C=O) groups is 1. The van der Waals surface area contributed by atoms with Gasteiger partial charge in [0.25, 0.3) is 0 Å². The first-order valence-electron chi connectivity index (χ1n) is 4.61. The van der Waals surface area contributed by atoms with Crippen molar-refractivity contribution in [2.75, 3.05) is 18.8 Å². The Morgan fingerprint density at radius 3 is 2.69 bits per heavy atom. The highest BCUT2D eigenvalue weighted by molar-refractivity contribution is 8.00. The molecule has 2 N–H and O–H groups in total. The van der Waals surface area contributed by atoms with Gasteiger partial charge in [-0.05, 0) is 20.8 Å². The van der Waals surface area contributed by atoms with Crippen LogP contribution < -0.4 is 5.73 Å². The van der Waals surface area contributed by atoms with E-state index < -0.39 is 0 Å².